The number of nitrogens with zero attached hydrogens (tertiary/aromatic N) is 3. The summed E-state index contributed by atoms with van der Waals surface area (Å²) in [4.78, 5) is 4.58. The van der Waals surface area contributed by atoms with Gasteiger partial charge in [0.25, 0.3) is 0 Å². The van der Waals surface area contributed by atoms with Crippen LogP contribution in [0.15, 0.2) is 17.8 Å². The van der Waals surface area contributed by atoms with E-state index in [0.29, 0.717) is 5.92 Å². The van der Waals surface area contributed by atoms with Crippen LogP contribution in [0.4, 0.5) is 0 Å². The van der Waals surface area contributed by atoms with Crippen LogP contribution < -0.4 is 5.32 Å². The minimum Gasteiger partial charge on any atom is -0.373 e. The fraction of sp³-hybridized carbons (Fsp3) is 0.600. The summed E-state index contributed by atoms with van der Waals surface area (Å²) in [6.45, 7) is 4.78. The zero-order chi connectivity index (χ0) is 14.7. The molecule has 114 valence electrons. The predicted octanol–water partition coefficient (Wildman–Crippen LogP) is 2.31. The molecule has 1 N–H and O–H groups in total. The molecule has 6 heteroatoms. The normalized spacial score (nSPS) is 22.0. The summed E-state index contributed by atoms with van der Waals surface area (Å²) in [7, 11) is 1.94. The van der Waals surface area contributed by atoms with Gasteiger partial charge in [-0.1, -0.05) is 6.92 Å². The molecule has 2 aromatic rings. The Morgan fingerprint density at radius 3 is 3.14 bits per heavy atom. The Bertz CT molecular complexity index is 580. The maximum absolute atomic E-state index is 5.88. The SMILES string of the molecule is CCc1nc(CNC[C@H]2CCO[C@@H]2c2cnn(C)c2)cs1. The molecule has 1 saturated heterocycles. The Kier molecular flexibility index (Phi) is 4.67. The minimum atomic E-state index is 0.174. The highest BCUT2D eigenvalue weighted by Gasteiger charge is 2.30. The predicted molar refractivity (Wildman–Crippen MR) is 83.2 cm³/mol. The average molecular weight is 306 g/mol. The summed E-state index contributed by atoms with van der Waals surface area (Å²) in [5, 5.41) is 11.1. The fourth-order valence-electron chi connectivity index (χ4n) is 2.78. The lowest BCUT2D eigenvalue weighted by molar-refractivity contribution is 0.0904. The molecule has 0 unspecified atom stereocenters. The van der Waals surface area contributed by atoms with E-state index in [2.05, 4.69) is 33.9 Å². The van der Waals surface area contributed by atoms with E-state index in [9.17, 15) is 0 Å². The van der Waals surface area contributed by atoms with Crippen LogP contribution in [0.2, 0.25) is 0 Å². The molecule has 21 heavy (non-hydrogen) atoms. The van der Waals surface area contributed by atoms with E-state index in [1.54, 1.807) is 11.3 Å². The van der Waals surface area contributed by atoms with Crippen molar-refractivity contribution in [2.75, 3.05) is 13.2 Å². The number of aryl methyl sites for hydroxylation is 2. The van der Waals surface area contributed by atoms with Crippen molar-refractivity contribution >= 4 is 11.3 Å². The largest absolute Gasteiger partial charge is 0.373 e. The second kappa shape index (κ2) is 6.68. The molecule has 0 radical (unpaired) electrons. The molecule has 0 amide bonds. The van der Waals surface area contributed by atoms with Crippen molar-refractivity contribution in [3.05, 3.63) is 34.0 Å². The van der Waals surface area contributed by atoms with Crippen molar-refractivity contribution in [2.24, 2.45) is 13.0 Å². The van der Waals surface area contributed by atoms with Crippen LogP contribution in [-0.2, 0) is 24.8 Å². The van der Waals surface area contributed by atoms with Gasteiger partial charge in [-0.25, -0.2) is 4.98 Å². The van der Waals surface area contributed by atoms with Gasteiger partial charge in [0.05, 0.1) is 23.0 Å². The molecule has 1 fully saturated rings. The average Bonchev–Trinajstić information content (AvgIpc) is 3.19. The van der Waals surface area contributed by atoms with Gasteiger partial charge in [-0.3, -0.25) is 4.68 Å². The second-order valence-electron chi connectivity index (χ2n) is 5.50. The zero-order valence-electron chi connectivity index (χ0n) is 12.6. The fourth-order valence-corrected chi connectivity index (χ4v) is 3.52. The van der Waals surface area contributed by atoms with E-state index >= 15 is 0 Å². The number of hydrogen-bond acceptors (Lipinski definition) is 5. The van der Waals surface area contributed by atoms with Gasteiger partial charge in [-0.2, -0.15) is 5.10 Å². The standard InChI is InChI=1S/C15H22N4OS/c1-3-14-18-13(10-21-14)8-16-6-11-4-5-20-15(11)12-7-17-19(2)9-12/h7,9-11,15-16H,3-6,8H2,1-2H3/t11-,15+/m1/s1. The van der Waals surface area contributed by atoms with Crippen LogP contribution in [0.1, 0.15) is 35.7 Å². The van der Waals surface area contributed by atoms with E-state index < -0.39 is 0 Å². The summed E-state index contributed by atoms with van der Waals surface area (Å²) in [5.41, 5.74) is 2.33. The van der Waals surface area contributed by atoms with Crippen molar-refractivity contribution in [3.8, 4) is 0 Å². The Balaban J connectivity index is 1.52. The molecule has 2 aromatic heterocycles. The van der Waals surface area contributed by atoms with Crippen LogP contribution in [0.25, 0.3) is 0 Å². The van der Waals surface area contributed by atoms with Crippen molar-refractivity contribution < 1.29 is 4.74 Å². The van der Waals surface area contributed by atoms with E-state index in [1.807, 2.05) is 17.9 Å². The number of thiazole rings is 1. The molecule has 2 atom stereocenters. The Hall–Kier alpha value is -1.24. The first-order valence-electron chi connectivity index (χ1n) is 7.50. The molecule has 3 rings (SSSR count). The van der Waals surface area contributed by atoms with E-state index in [4.69, 9.17) is 4.74 Å². The number of hydrogen-bond donors (Lipinski definition) is 1. The van der Waals surface area contributed by atoms with Crippen molar-refractivity contribution in [2.45, 2.75) is 32.4 Å². The molecule has 1 aliphatic heterocycles. The molecular weight excluding hydrogens is 284 g/mol. The molecule has 0 bridgehead atoms. The van der Waals surface area contributed by atoms with Crippen LogP contribution in [0.5, 0.6) is 0 Å². The number of ether oxygens (including phenoxy) is 1. The maximum atomic E-state index is 5.88. The van der Waals surface area contributed by atoms with Gasteiger partial charge in [-0.05, 0) is 12.8 Å². The number of aromatic nitrogens is 3. The van der Waals surface area contributed by atoms with Crippen molar-refractivity contribution in [1.82, 2.24) is 20.1 Å². The lowest BCUT2D eigenvalue weighted by Crippen LogP contribution is -2.24. The van der Waals surface area contributed by atoms with E-state index in [-0.39, 0.29) is 6.10 Å². The molecule has 0 aliphatic carbocycles. The molecule has 0 aromatic carbocycles. The summed E-state index contributed by atoms with van der Waals surface area (Å²) < 4.78 is 7.72. The monoisotopic (exact) mass is 306 g/mol. The lowest BCUT2D eigenvalue weighted by atomic mass is 9.97. The molecule has 3 heterocycles. The number of nitrogens with one attached hydrogen (secondary N) is 1. The highest BCUT2D eigenvalue weighted by molar-refractivity contribution is 7.09. The van der Waals surface area contributed by atoms with Crippen LogP contribution in [-0.4, -0.2) is 27.9 Å². The van der Waals surface area contributed by atoms with Gasteiger partial charge in [0.2, 0.25) is 0 Å². The molecule has 1 aliphatic rings. The third kappa shape index (κ3) is 3.51. The van der Waals surface area contributed by atoms with Gasteiger partial charge in [0, 0.05) is 49.8 Å². The third-order valence-corrected chi connectivity index (χ3v) is 4.92. The van der Waals surface area contributed by atoms with E-state index in [1.165, 1.54) is 10.6 Å². The quantitative estimate of drug-likeness (QED) is 0.890. The van der Waals surface area contributed by atoms with Crippen LogP contribution >= 0.6 is 11.3 Å². The van der Waals surface area contributed by atoms with Crippen LogP contribution in [0.3, 0.4) is 0 Å². The first-order valence-corrected chi connectivity index (χ1v) is 8.38. The molecule has 0 saturated carbocycles. The van der Waals surface area contributed by atoms with Gasteiger partial charge < -0.3 is 10.1 Å². The Morgan fingerprint density at radius 2 is 2.43 bits per heavy atom. The highest BCUT2D eigenvalue weighted by atomic mass is 32.1. The second-order valence-corrected chi connectivity index (χ2v) is 6.45. The van der Waals surface area contributed by atoms with Crippen molar-refractivity contribution in [3.63, 3.8) is 0 Å². The van der Waals surface area contributed by atoms with Gasteiger partial charge in [-0.15, -0.1) is 11.3 Å². The van der Waals surface area contributed by atoms with Gasteiger partial charge in [0.1, 0.15) is 0 Å². The van der Waals surface area contributed by atoms with Gasteiger partial charge >= 0.3 is 0 Å². The minimum absolute atomic E-state index is 0.174. The Labute approximate surface area is 129 Å². The highest BCUT2D eigenvalue weighted by Crippen LogP contribution is 2.33. The zero-order valence-corrected chi connectivity index (χ0v) is 13.4. The molecule has 5 nitrogen and oxygen atoms in total. The smallest absolute Gasteiger partial charge is 0.0926 e. The first kappa shape index (κ1) is 14.7. The van der Waals surface area contributed by atoms with E-state index in [0.717, 1.165) is 38.2 Å². The number of rotatable bonds is 6. The lowest BCUT2D eigenvalue weighted by Gasteiger charge is -2.17. The Morgan fingerprint density at radius 1 is 1.52 bits per heavy atom. The third-order valence-electron chi connectivity index (χ3n) is 3.88. The summed E-state index contributed by atoms with van der Waals surface area (Å²) in [5.74, 6) is 0.512. The molecular formula is C15H22N4OS. The summed E-state index contributed by atoms with van der Waals surface area (Å²) in [6.07, 6.45) is 6.26. The summed E-state index contributed by atoms with van der Waals surface area (Å²) >= 11 is 1.75. The maximum Gasteiger partial charge on any atom is 0.0926 e. The van der Waals surface area contributed by atoms with Gasteiger partial charge in [0.15, 0.2) is 0 Å². The van der Waals surface area contributed by atoms with Crippen LogP contribution in [0, 0.1) is 5.92 Å². The summed E-state index contributed by atoms with van der Waals surface area (Å²) in [6, 6.07) is 0. The first-order chi connectivity index (χ1) is 10.3. The molecule has 0 spiro atoms. The van der Waals surface area contributed by atoms with Crippen molar-refractivity contribution in [1.29, 1.82) is 0 Å². The topological polar surface area (TPSA) is 52.0 Å².